The molecule has 7 nitrogen and oxygen atoms in total. The Hall–Kier alpha value is -3.20. The van der Waals surface area contributed by atoms with Crippen LogP contribution in [0.2, 0.25) is 5.02 Å². The van der Waals surface area contributed by atoms with Crippen LogP contribution in [0.15, 0.2) is 95.4 Å². The molecule has 4 aromatic carbocycles. The number of ether oxygens (including phenoxy) is 2. The molecule has 0 saturated heterocycles. The molecule has 43 heavy (non-hydrogen) atoms. The smallest absolute Gasteiger partial charge is 0.271 e. The van der Waals surface area contributed by atoms with Crippen LogP contribution in [0.3, 0.4) is 0 Å². The van der Waals surface area contributed by atoms with Gasteiger partial charge < -0.3 is 14.8 Å². The van der Waals surface area contributed by atoms with Gasteiger partial charge in [-0.05, 0) is 124 Å². The third-order valence-electron chi connectivity index (χ3n) is 6.05. The highest BCUT2D eigenvalue weighted by Gasteiger charge is 2.13. The standard InChI is InChI=1S/C32H25ClI2N4O3S/c1-2-41-29-16-21(15-27(35)30(29)42-18-20-3-11-25(34)12-4-20)17-36-39-31(40)23-7-5-22(6-8-23)28-19-43-32(38-28)37-26-13-9-24(33)10-14-26/h3-17,19H,2,18H2,1H3,(H,37,38)(H,39,40)/b36-17-. The molecular formula is C32H25ClI2N4O3S. The maximum absolute atomic E-state index is 12.7. The molecule has 11 heteroatoms. The Morgan fingerprint density at radius 2 is 1.74 bits per heavy atom. The van der Waals surface area contributed by atoms with Gasteiger partial charge >= 0.3 is 0 Å². The summed E-state index contributed by atoms with van der Waals surface area (Å²) < 4.78 is 14.0. The molecule has 0 unspecified atom stereocenters. The number of carbonyl (C=O) groups is 1. The number of carbonyl (C=O) groups excluding carboxylic acids is 1. The van der Waals surface area contributed by atoms with Crippen LogP contribution in [0.5, 0.6) is 11.5 Å². The van der Waals surface area contributed by atoms with Crippen molar-refractivity contribution in [1.82, 2.24) is 10.4 Å². The minimum atomic E-state index is -0.316. The monoisotopic (exact) mass is 834 g/mol. The lowest BCUT2D eigenvalue weighted by molar-refractivity contribution is 0.0955. The molecule has 2 N–H and O–H groups in total. The quantitative estimate of drug-likeness (QED) is 0.0789. The number of hydrazone groups is 1. The van der Waals surface area contributed by atoms with E-state index in [1.165, 1.54) is 14.9 Å². The highest BCUT2D eigenvalue weighted by Crippen LogP contribution is 2.34. The van der Waals surface area contributed by atoms with Gasteiger partial charge in [-0.1, -0.05) is 35.9 Å². The average Bonchev–Trinajstić information content (AvgIpc) is 3.47. The van der Waals surface area contributed by atoms with Crippen LogP contribution in [0.1, 0.15) is 28.4 Å². The van der Waals surface area contributed by atoms with Gasteiger partial charge in [0.05, 0.1) is 22.1 Å². The Morgan fingerprint density at radius 3 is 2.47 bits per heavy atom. The van der Waals surface area contributed by atoms with E-state index >= 15 is 0 Å². The van der Waals surface area contributed by atoms with E-state index < -0.39 is 0 Å². The third kappa shape index (κ3) is 8.68. The van der Waals surface area contributed by atoms with Crippen LogP contribution >= 0.6 is 68.1 Å². The van der Waals surface area contributed by atoms with Gasteiger partial charge in [0, 0.05) is 30.8 Å². The minimum absolute atomic E-state index is 0.316. The first-order chi connectivity index (χ1) is 20.9. The van der Waals surface area contributed by atoms with Crippen molar-refractivity contribution < 1.29 is 14.3 Å². The number of amides is 1. The van der Waals surface area contributed by atoms with E-state index in [2.05, 4.69) is 78.1 Å². The zero-order valence-corrected chi connectivity index (χ0v) is 28.7. The van der Waals surface area contributed by atoms with E-state index in [-0.39, 0.29) is 5.91 Å². The summed E-state index contributed by atoms with van der Waals surface area (Å²) in [5.74, 6) is 0.982. The summed E-state index contributed by atoms with van der Waals surface area (Å²) in [4.78, 5) is 17.4. The summed E-state index contributed by atoms with van der Waals surface area (Å²) in [5, 5.41) is 10.9. The predicted octanol–water partition coefficient (Wildman–Crippen LogP) is 9.16. The zero-order chi connectivity index (χ0) is 30.2. The van der Waals surface area contributed by atoms with E-state index in [1.54, 1.807) is 18.3 Å². The normalized spacial score (nSPS) is 11.0. The summed E-state index contributed by atoms with van der Waals surface area (Å²) in [6, 6.07) is 26.7. The number of hydrogen-bond acceptors (Lipinski definition) is 7. The molecule has 5 aromatic rings. The van der Waals surface area contributed by atoms with Crippen molar-refractivity contribution in [1.29, 1.82) is 0 Å². The highest BCUT2D eigenvalue weighted by atomic mass is 127. The van der Waals surface area contributed by atoms with E-state index in [0.717, 1.165) is 36.8 Å². The molecular weight excluding hydrogens is 810 g/mol. The summed E-state index contributed by atoms with van der Waals surface area (Å²) in [6.45, 7) is 2.84. The van der Waals surface area contributed by atoms with Crippen molar-refractivity contribution in [2.24, 2.45) is 5.10 Å². The second kappa shape index (κ2) is 15.0. The largest absolute Gasteiger partial charge is 0.490 e. The molecule has 218 valence electrons. The van der Waals surface area contributed by atoms with Crippen molar-refractivity contribution in [3.05, 3.63) is 119 Å². The number of benzene rings is 4. The summed E-state index contributed by atoms with van der Waals surface area (Å²) in [5.41, 5.74) is 7.56. The molecule has 5 rings (SSSR count). The van der Waals surface area contributed by atoms with E-state index in [1.807, 2.05) is 73.0 Å². The predicted molar refractivity (Wildman–Crippen MR) is 191 cm³/mol. The van der Waals surface area contributed by atoms with Crippen LogP contribution < -0.4 is 20.2 Å². The van der Waals surface area contributed by atoms with Crippen molar-refractivity contribution in [3.8, 4) is 22.8 Å². The Labute approximate surface area is 286 Å². The van der Waals surface area contributed by atoms with Gasteiger partial charge in [0.25, 0.3) is 5.91 Å². The molecule has 0 aliphatic heterocycles. The van der Waals surface area contributed by atoms with Gasteiger partial charge in [0.1, 0.15) is 6.61 Å². The summed E-state index contributed by atoms with van der Waals surface area (Å²) in [6.07, 6.45) is 1.59. The van der Waals surface area contributed by atoms with Crippen LogP contribution in [0.25, 0.3) is 11.3 Å². The fraction of sp³-hybridized carbons (Fsp3) is 0.0938. The molecule has 0 saturated carbocycles. The van der Waals surface area contributed by atoms with Gasteiger partial charge in [-0.2, -0.15) is 5.10 Å². The van der Waals surface area contributed by atoms with Gasteiger partial charge in [0.15, 0.2) is 16.6 Å². The Morgan fingerprint density at radius 1 is 1.00 bits per heavy atom. The topological polar surface area (TPSA) is 84.8 Å². The molecule has 0 aliphatic carbocycles. The van der Waals surface area contributed by atoms with Crippen molar-refractivity contribution in [3.63, 3.8) is 0 Å². The molecule has 1 amide bonds. The fourth-order valence-corrected chi connectivity index (χ4v) is 5.95. The van der Waals surface area contributed by atoms with Crippen molar-refractivity contribution in [2.45, 2.75) is 13.5 Å². The van der Waals surface area contributed by atoms with Crippen LogP contribution in [0, 0.1) is 7.14 Å². The first-order valence-electron chi connectivity index (χ1n) is 13.1. The summed E-state index contributed by atoms with van der Waals surface area (Å²) in [7, 11) is 0. The molecule has 0 bridgehead atoms. The lowest BCUT2D eigenvalue weighted by atomic mass is 10.1. The van der Waals surface area contributed by atoms with E-state index in [0.29, 0.717) is 35.3 Å². The minimum Gasteiger partial charge on any atom is -0.490 e. The maximum Gasteiger partial charge on any atom is 0.271 e. The number of rotatable bonds is 11. The number of anilines is 2. The van der Waals surface area contributed by atoms with Gasteiger partial charge in [-0.25, -0.2) is 10.4 Å². The Bertz CT molecular complexity index is 1730. The SMILES string of the molecule is CCOc1cc(/C=N\NC(=O)c2ccc(-c3csc(Nc4ccc(Cl)cc4)n3)cc2)cc(I)c1OCc1ccc(I)cc1. The Balaban J connectivity index is 1.19. The molecule has 0 aliphatic rings. The van der Waals surface area contributed by atoms with E-state index in [9.17, 15) is 4.79 Å². The zero-order valence-electron chi connectivity index (χ0n) is 22.8. The second-order valence-corrected chi connectivity index (χ2v) is 12.8. The molecule has 1 heterocycles. The first-order valence-corrected chi connectivity index (χ1v) is 16.5. The fourth-order valence-electron chi connectivity index (χ4n) is 3.94. The molecule has 0 radical (unpaired) electrons. The van der Waals surface area contributed by atoms with Gasteiger partial charge in [-0.15, -0.1) is 11.3 Å². The number of nitrogens with one attached hydrogen (secondary N) is 2. The lowest BCUT2D eigenvalue weighted by Crippen LogP contribution is -2.17. The molecule has 0 fully saturated rings. The number of halogens is 3. The molecule has 1 aromatic heterocycles. The number of hydrogen-bond donors (Lipinski definition) is 2. The third-order valence-corrected chi connectivity index (χ3v) is 8.58. The van der Waals surface area contributed by atoms with Gasteiger partial charge in [-0.3, -0.25) is 4.79 Å². The van der Waals surface area contributed by atoms with Gasteiger partial charge in [0.2, 0.25) is 0 Å². The summed E-state index contributed by atoms with van der Waals surface area (Å²) >= 11 is 12.0. The highest BCUT2D eigenvalue weighted by molar-refractivity contribution is 14.1. The Kier molecular flexibility index (Phi) is 10.9. The number of aromatic nitrogens is 1. The van der Waals surface area contributed by atoms with Crippen LogP contribution in [-0.4, -0.2) is 23.7 Å². The number of nitrogens with zero attached hydrogens (tertiary/aromatic N) is 2. The van der Waals surface area contributed by atoms with Crippen LogP contribution in [0.4, 0.5) is 10.8 Å². The molecule has 0 atom stereocenters. The number of thiazole rings is 1. The first kappa shape index (κ1) is 31.2. The van der Waals surface area contributed by atoms with Crippen molar-refractivity contribution in [2.75, 3.05) is 11.9 Å². The molecule has 0 spiro atoms. The maximum atomic E-state index is 12.7. The average molecular weight is 835 g/mol. The van der Waals surface area contributed by atoms with E-state index in [4.69, 9.17) is 21.1 Å². The second-order valence-electron chi connectivity index (χ2n) is 9.12. The van der Waals surface area contributed by atoms with Crippen molar-refractivity contribution >= 4 is 91.1 Å². The van der Waals surface area contributed by atoms with Crippen LogP contribution in [-0.2, 0) is 6.61 Å². The lowest BCUT2D eigenvalue weighted by Gasteiger charge is -2.15.